The highest BCUT2D eigenvalue weighted by Gasteiger charge is 2.10. The summed E-state index contributed by atoms with van der Waals surface area (Å²) in [5, 5.41) is 15.0. The third kappa shape index (κ3) is 5.21. The van der Waals surface area contributed by atoms with E-state index in [9.17, 15) is 4.79 Å². The molecule has 3 aromatic rings. The minimum atomic E-state index is -0.0716. The molecule has 0 spiro atoms. The van der Waals surface area contributed by atoms with E-state index in [2.05, 4.69) is 20.8 Å². The Morgan fingerprint density at radius 3 is 2.74 bits per heavy atom. The number of hydrogen-bond donors (Lipinski definition) is 2. The van der Waals surface area contributed by atoms with E-state index in [0.717, 1.165) is 27.0 Å². The molecule has 2 aromatic carbocycles. The predicted molar refractivity (Wildman–Crippen MR) is 111 cm³/mol. The summed E-state index contributed by atoms with van der Waals surface area (Å²) >= 11 is 2.75. The number of nitrogens with one attached hydrogen (secondary N) is 2. The van der Waals surface area contributed by atoms with E-state index < -0.39 is 0 Å². The fourth-order valence-electron chi connectivity index (χ4n) is 2.33. The highest BCUT2D eigenvalue weighted by Crippen LogP contribution is 2.31. The van der Waals surface area contributed by atoms with Gasteiger partial charge in [-0.15, -0.1) is 10.2 Å². The molecular weight excluding hydrogens is 380 g/mol. The number of aromatic nitrogens is 2. The van der Waals surface area contributed by atoms with Gasteiger partial charge in [-0.05, 0) is 49.2 Å². The minimum absolute atomic E-state index is 0.0716. The van der Waals surface area contributed by atoms with Crippen molar-refractivity contribution in [3.8, 4) is 5.75 Å². The van der Waals surface area contributed by atoms with Crippen molar-refractivity contribution in [1.29, 1.82) is 0 Å². The van der Waals surface area contributed by atoms with Crippen LogP contribution in [0.25, 0.3) is 0 Å². The normalized spacial score (nSPS) is 10.5. The van der Waals surface area contributed by atoms with Crippen LogP contribution in [-0.4, -0.2) is 29.0 Å². The van der Waals surface area contributed by atoms with Crippen molar-refractivity contribution >= 4 is 45.5 Å². The van der Waals surface area contributed by atoms with E-state index in [1.165, 1.54) is 28.7 Å². The van der Waals surface area contributed by atoms with Crippen molar-refractivity contribution in [3.63, 3.8) is 0 Å². The van der Waals surface area contributed by atoms with Crippen molar-refractivity contribution < 1.29 is 9.53 Å². The number of nitrogens with zero attached hydrogens (tertiary/aromatic N) is 2. The van der Waals surface area contributed by atoms with E-state index in [-0.39, 0.29) is 11.7 Å². The molecule has 0 unspecified atom stereocenters. The van der Waals surface area contributed by atoms with Gasteiger partial charge in [-0.2, -0.15) is 0 Å². The summed E-state index contributed by atoms with van der Waals surface area (Å²) in [6.07, 6.45) is 0. The van der Waals surface area contributed by atoms with Crippen LogP contribution in [0.15, 0.2) is 46.8 Å². The van der Waals surface area contributed by atoms with Gasteiger partial charge in [-0.25, -0.2) is 0 Å². The van der Waals surface area contributed by atoms with Crippen LogP contribution in [-0.2, 0) is 4.79 Å². The summed E-state index contributed by atoms with van der Waals surface area (Å²) in [6.45, 7) is 4.07. The first-order chi connectivity index (χ1) is 13.0. The molecule has 2 N–H and O–H groups in total. The summed E-state index contributed by atoms with van der Waals surface area (Å²) < 4.78 is 6.04. The molecule has 6 nitrogen and oxygen atoms in total. The van der Waals surface area contributed by atoms with Gasteiger partial charge in [0.15, 0.2) is 4.34 Å². The fourth-order valence-corrected chi connectivity index (χ4v) is 3.89. The van der Waals surface area contributed by atoms with Gasteiger partial charge in [0.25, 0.3) is 0 Å². The molecule has 1 aromatic heterocycles. The Morgan fingerprint density at radius 2 is 1.96 bits per heavy atom. The molecule has 0 aliphatic rings. The Bertz CT molecular complexity index is 943. The Morgan fingerprint density at radius 1 is 1.15 bits per heavy atom. The standard InChI is InChI=1S/C19H20N4O2S2/c1-12-8-9-14(10-13(12)2)20-17(24)11-26-19-23-22-18(27-19)21-15-6-4-5-7-16(15)25-3/h4-10H,11H2,1-3H3,(H,20,24)(H,21,22). The molecule has 0 atom stereocenters. The second-order valence-electron chi connectivity index (χ2n) is 5.83. The van der Waals surface area contributed by atoms with E-state index in [0.29, 0.717) is 5.13 Å². The van der Waals surface area contributed by atoms with Crippen LogP contribution in [0.4, 0.5) is 16.5 Å². The summed E-state index contributed by atoms with van der Waals surface area (Å²) in [5.41, 5.74) is 3.97. The molecule has 1 amide bonds. The van der Waals surface area contributed by atoms with E-state index in [1.807, 2.05) is 56.3 Å². The Kier molecular flexibility index (Phi) is 6.31. The van der Waals surface area contributed by atoms with E-state index in [4.69, 9.17) is 4.74 Å². The molecule has 1 heterocycles. The monoisotopic (exact) mass is 400 g/mol. The fraction of sp³-hybridized carbons (Fsp3) is 0.211. The number of carbonyl (C=O) groups is 1. The molecule has 0 bridgehead atoms. The van der Waals surface area contributed by atoms with Crippen molar-refractivity contribution in [3.05, 3.63) is 53.6 Å². The molecule has 0 radical (unpaired) electrons. The lowest BCUT2D eigenvalue weighted by molar-refractivity contribution is -0.113. The van der Waals surface area contributed by atoms with Crippen molar-refractivity contribution in [1.82, 2.24) is 10.2 Å². The zero-order chi connectivity index (χ0) is 19.2. The van der Waals surface area contributed by atoms with E-state index >= 15 is 0 Å². The van der Waals surface area contributed by atoms with Crippen LogP contribution in [0.1, 0.15) is 11.1 Å². The Hall–Kier alpha value is -2.58. The summed E-state index contributed by atoms with van der Waals surface area (Å²) in [6, 6.07) is 13.5. The summed E-state index contributed by atoms with van der Waals surface area (Å²) in [5.74, 6) is 0.934. The topological polar surface area (TPSA) is 76.1 Å². The highest BCUT2D eigenvalue weighted by molar-refractivity contribution is 8.01. The number of amides is 1. The molecule has 140 valence electrons. The van der Waals surface area contributed by atoms with Gasteiger partial charge in [0.2, 0.25) is 11.0 Å². The Balaban J connectivity index is 1.54. The Labute approximate surface area is 166 Å². The van der Waals surface area contributed by atoms with Gasteiger partial charge in [0, 0.05) is 5.69 Å². The number of benzene rings is 2. The minimum Gasteiger partial charge on any atom is -0.495 e. The largest absolute Gasteiger partial charge is 0.495 e. The third-order valence-corrected chi connectivity index (χ3v) is 5.84. The lowest BCUT2D eigenvalue weighted by atomic mass is 10.1. The average Bonchev–Trinajstić information content (AvgIpc) is 3.11. The lowest BCUT2D eigenvalue weighted by Gasteiger charge is -2.07. The van der Waals surface area contributed by atoms with Gasteiger partial charge in [-0.1, -0.05) is 41.3 Å². The molecule has 0 saturated carbocycles. The van der Waals surface area contributed by atoms with Gasteiger partial charge in [0.1, 0.15) is 5.75 Å². The molecule has 0 saturated heterocycles. The number of methoxy groups -OCH3 is 1. The molecule has 0 aliphatic carbocycles. The zero-order valence-corrected chi connectivity index (χ0v) is 16.9. The maximum Gasteiger partial charge on any atom is 0.234 e. The first-order valence-electron chi connectivity index (χ1n) is 8.28. The number of rotatable bonds is 7. The summed E-state index contributed by atoms with van der Waals surface area (Å²) in [7, 11) is 1.62. The third-order valence-electron chi connectivity index (χ3n) is 3.87. The molecule has 3 rings (SSSR count). The number of para-hydroxylation sites is 2. The van der Waals surface area contributed by atoms with Gasteiger partial charge in [0.05, 0.1) is 18.6 Å². The molecule has 27 heavy (non-hydrogen) atoms. The van der Waals surface area contributed by atoms with Crippen LogP contribution < -0.4 is 15.4 Å². The second-order valence-corrected chi connectivity index (χ2v) is 8.03. The molecular formula is C19H20N4O2S2. The van der Waals surface area contributed by atoms with Crippen molar-refractivity contribution in [2.24, 2.45) is 0 Å². The van der Waals surface area contributed by atoms with Crippen LogP contribution in [0.2, 0.25) is 0 Å². The van der Waals surface area contributed by atoms with Gasteiger partial charge >= 0.3 is 0 Å². The number of hydrogen-bond acceptors (Lipinski definition) is 7. The number of anilines is 3. The van der Waals surface area contributed by atoms with Crippen molar-refractivity contribution in [2.45, 2.75) is 18.2 Å². The predicted octanol–water partition coefficient (Wildman–Crippen LogP) is 4.64. The van der Waals surface area contributed by atoms with Crippen LogP contribution >= 0.6 is 23.1 Å². The highest BCUT2D eigenvalue weighted by atomic mass is 32.2. The number of aryl methyl sites for hydroxylation is 2. The lowest BCUT2D eigenvalue weighted by Crippen LogP contribution is -2.14. The maximum absolute atomic E-state index is 12.2. The number of ether oxygens (including phenoxy) is 1. The van der Waals surface area contributed by atoms with Crippen LogP contribution in [0, 0.1) is 13.8 Å². The van der Waals surface area contributed by atoms with Gasteiger partial charge in [-0.3, -0.25) is 4.79 Å². The maximum atomic E-state index is 12.2. The number of carbonyl (C=O) groups excluding carboxylic acids is 1. The number of thioether (sulfide) groups is 1. The molecule has 0 fully saturated rings. The zero-order valence-electron chi connectivity index (χ0n) is 15.3. The SMILES string of the molecule is COc1ccccc1Nc1nnc(SCC(=O)Nc2ccc(C)c(C)c2)s1. The van der Waals surface area contributed by atoms with Gasteiger partial charge < -0.3 is 15.4 Å². The van der Waals surface area contributed by atoms with Crippen molar-refractivity contribution in [2.75, 3.05) is 23.5 Å². The summed E-state index contributed by atoms with van der Waals surface area (Å²) in [4.78, 5) is 12.2. The van der Waals surface area contributed by atoms with Crippen LogP contribution in [0.5, 0.6) is 5.75 Å². The average molecular weight is 401 g/mol. The van der Waals surface area contributed by atoms with Crippen LogP contribution in [0.3, 0.4) is 0 Å². The quantitative estimate of drug-likeness (QED) is 0.563. The molecule has 0 aliphatic heterocycles. The molecule has 8 heteroatoms. The van der Waals surface area contributed by atoms with E-state index in [1.54, 1.807) is 7.11 Å². The first kappa shape index (κ1) is 19.2. The first-order valence-corrected chi connectivity index (χ1v) is 10.1. The second kappa shape index (κ2) is 8.88. The smallest absolute Gasteiger partial charge is 0.234 e.